The van der Waals surface area contributed by atoms with Crippen LogP contribution in [0.5, 0.6) is 0 Å². The molecule has 0 bridgehead atoms. The molecule has 1 fully saturated rings. The number of aromatic amines is 1. The van der Waals surface area contributed by atoms with Gasteiger partial charge < -0.3 is 10.1 Å². The second-order valence-electron chi connectivity index (χ2n) is 2.82. The molecule has 0 atom stereocenters. The van der Waals surface area contributed by atoms with Crippen molar-refractivity contribution < 1.29 is 5.11 Å². The van der Waals surface area contributed by atoms with E-state index in [1.54, 1.807) is 12.4 Å². The van der Waals surface area contributed by atoms with Gasteiger partial charge in [0.05, 0.1) is 0 Å². The van der Waals surface area contributed by atoms with Crippen molar-refractivity contribution in [3.05, 3.63) is 18.2 Å². The van der Waals surface area contributed by atoms with Crippen LogP contribution in [-0.2, 0) is 5.60 Å². The van der Waals surface area contributed by atoms with Gasteiger partial charge in [-0.3, -0.25) is 0 Å². The molecule has 54 valence electrons. The van der Waals surface area contributed by atoms with Crippen LogP contribution in [0.15, 0.2) is 12.4 Å². The van der Waals surface area contributed by atoms with Crippen LogP contribution in [0.1, 0.15) is 25.1 Å². The molecule has 1 aliphatic rings. The van der Waals surface area contributed by atoms with Crippen molar-refractivity contribution in [2.24, 2.45) is 0 Å². The van der Waals surface area contributed by atoms with E-state index in [4.69, 9.17) is 0 Å². The maximum atomic E-state index is 9.68. The summed E-state index contributed by atoms with van der Waals surface area (Å²) in [5, 5.41) is 9.68. The minimum atomic E-state index is -0.622. The highest BCUT2D eigenvalue weighted by Crippen LogP contribution is 2.38. The number of hydrogen-bond donors (Lipinski definition) is 2. The van der Waals surface area contributed by atoms with Crippen molar-refractivity contribution in [3.8, 4) is 0 Å². The van der Waals surface area contributed by atoms with Crippen LogP contribution in [-0.4, -0.2) is 15.1 Å². The van der Waals surface area contributed by atoms with Crippen LogP contribution >= 0.6 is 0 Å². The molecule has 1 aromatic rings. The van der Waals surface area contributed by atoms with Gasteiger partial charge in [0.2, 0.25) is 0 Å². The van der Waals surface area contributed by atoms with Gasteiger partial charge in [-0.2, -0.15) is 0 Å². The average Bonchev–Trinajstić information content (AvgIpc) is 2.33. The summed E-state index contributed by atoms with van der Waals surface area (Å²) in [4.78, 5) is 6.92. The van der Waals surface area contributed by atoms with Gasteiger partial charge in [0, 0.05) is 12.4 Å². The van der Waals surface area contributed by atoms with Gasteiger partial charge >= 0.3 is 0 Å². The van der Waals surface area contributed by atoms with E-state index in [0.29, 0.717) is 0 Å². The Morgan fingerprint density at radius 1 is 1.60 bits per heavy atom. The lowest BCUT2D eigenvalue weighted by atomic mass is 9.80. The molecule has 1 heterocycles. The van der Waals surface area contributed by atoms with Crippen LogP contribution in [0.25, 0.3) is 0 Å². The third-order valence-corrected chi connectivity index (χ3v) is 2.12. The molecule has 1 saturated carbocycles. The Kier molecular flexibility index (Phi) is 1.08. The molecular weight excluding hydrogens is 128 g/mol. The summed E-state index contributed by atoms with van der Waals surface area (Å²) in [6.45, 7) is 0. The molecule has 3 heteroatoms. The van der Waals surface area contributed by atoms with Gasteiger partial charge in [0.1, 0.15) is 11.4 Å². The number of rotatable bonds is 1. The summed E-state index contributed by atoms with van der Waals surface area (Å²) in [6.07, 6.45) is 6.22. The monoisotopic (exact) mass is 138 g/mol. The molecular formula is C7H10N2O. The Hall–Kier alpha value is -0.830. The summed E-state index contributed by atoms with van der Waals surface area (Å²) >= 11 is 0. The number of aliphatic hydroxyl groups is 1. The van der Waals surface area contributed by atoms with Crippen molar-refractivity contribution in [1.82, 2.24) is 9.97 Å². The quantitative estimate of drug-likeness (QED) is 0.602. The molecule has 0 saturated heterocycles. The zero-order valence-corrected chi connectivity index (χ0v) is 5.67. The highest BCUT2D eigenvalue weighted by Gasteiger charge is 2.38. The van der Waals surface area contributed by atoms with Crippen LogP contribution in [0.3, 0.4) is 0 Å². The zero-order valence-electron chi connectivity index (χ0n) is 5.67. The third-order valence-electron chi connectivity index (χ3n) is 2.12. The van der Waals surface area contributed by atoms with Crippen molar-refractivity contribution in [2.75, 3.05) is 0 Å². The highest BCUT2D eigenvalue weighted by atomic mass is 16.3. The first-order valence-corrected chi connectivity index (χ1v) is 3.53. The number of imidazole rings is 1. The second kappa shape index (κ2) is 1.83. The first-order valence-electron chi connectivity index (χ1n) is 3.53. The minimum Gasteiger partial charge on any atom is -0.382 e. The number of hydrogen-bond acceptors (Lipinski definition) is 2. The predicted molar refractivity (Wildman–Crippen MR) is 36.3 cm³/mol. The first-order chi connectivity index (χ1) is 4.81. The third kappa shape index (κ3) is 0.671. The molecule has 0 aromatic carbocycles. The Balaban J connectivity index is 2.27. The zero-order chi connectivity index (χ0) is 7.03. The lowest BCUT2D eigenvalue weighted by molar-refractivity contribution is -0.0460. The molecule has 10 heavy (non-hydrogen) atoms. The normalized spacial score (nSPS) is 22.1. The minimum absolute atomic E-state index is 0.622. The van der Waals surface area contributed by atoms with Crippen LogP contribution < -0.4 is 0 Å². The van der Waals surface area contributed by atoms with E-state index in [9.17, 15) is 5.11 Å². The summed E-state index contributed by atoms with van der Waals surface area (Å²) in [6, 6.07) is 0. The van der Waals surface area contributed by atoms with Crippen LogP contribution in [0, 0.1) is 0 Å². The second-order valence-corrected chi connectivity index (χ2v) is 2.82. The molecule has 0 amide bonds. The predicted octanol–water partition coefficient (Wildman–Crippen LogP) is 0.781. The van der Waals surface area contributed by atoms with Crippen LogP contribution in [0.4, 0.5) is 0 Å². The van der Waals surface area contributed by atoms with Gasteiger partial charge in [0.25, 0.3) is 0 Å². The maximum Gasteiger partial charge on any atom is 0.138 e. The number of nitrogens with zero attached hydrogens (tertiary/aromatic N) is 1. The van der Waals surface area contributed by atoms with Crippen molar-refractivity contribution in [3.63, 3.8) is 0 Å². The summed E-state index contributed by atoms with van der Waals surface area (Å²) in [5.41, 5.74) is -0.622. The maximum absolute atomic E-state index is 9.68. The molecule has 2 N–H and O–H groups in total. The fourth-order valence-electron chi connectivity index (χ4n) is 1.27. The van der Waals surface area contributed by atoms with E-state index in [0.717, 1.165) is 25.1 Å². The Labute approximate surface area is 59.1 Å². The standard InChI is InChI=1S/C7H10N2O/c10-7(2-1-3-7)6-8-4-5-9-6/h4-5,10H,1-3H2,(H,8,9). The fourth-order valence-corrected chi connectivity index (χ4v) is 1.27. The van der Waals surface area contributed by atoms with E-state index in [2.05, 4.69) is 9.97 Å². The smallest absolute Gasteiger partial charge is 0.138 e. The van der Waals surface area contributed by atoms with E-state index < -0.39 is 5.60 Å². The molecule has 3 nitrogen and oxygen atoms in total. The van der Waals surface area contributed by atoms with E-state index >= 15 is 0 Å². The van der Waals surface area contributed by atoms with Crippen molar-refractivity contribution in [1.29, 1.82) is 0 Å². The van der Waals surface area contributed by atoms with Gasteiger partial charge in [-0.1, -0.05) is 0 Å². The SMILES string of the molecule is OC1(c2ncc[nH]2)CCC1. The molecule has 0 spiro atoms. The molecule has 0 unspecified atom stereocenters. The van der Waals surface area contributed by atoms with Crippen molar-refractivity contribution >= 4 is 0 Å². The fraction of sp³-hybridized carbons (Fsp3) is 0.571. The molecule has 1 aromatic heterocycles. The molecule has 0 aliphatic heterocycles. The van der Waals surface area contributed by atoms with E-state index in [-0.39, 0.29) is 0 Å². The Morgan fingerprint density at radius 2 is 2.40 bits per heavy atom. The number of nitrogens with one attached hydrogen (secondary N) is 1. The van der Waals surface area contributed by atoms with E-state index in [1.807, 2.05) is 0 Å². The van der Waals surface area contributed by atoms with Gasteiger partial charge in [0.15, 0.2) is 0 Å². The Morgan fingerprint density at radius 3 is 2.80 bits per heavy atom. The lowest BCUT2D eigenvalue weighted by Crippen LogP contribution is -2.34. The van der Waals surface area contributed by atoms with Crippen LogP contribution in [0.2, 0.25) is 0 Å². The first kappa shape index (κ1) is 5.92. The van der Waals surface area contributed by atoms with E-state index in [1.165, 1.54) is 0 Å². The number of H-pyrrole nitrogens is 1. The van der Waals surface area contributed by atoms with Gasteiger partial charge in [-0.05, 0) is 19.3 Å². The summed E-state index contributed by atoms with van der Waals surface area (Å²) < 4.78 is 0. The largest absolute Gasteiger partial charge is 0.382 e. The topological polar surface area (TPSA) is 48.9 Å². The summed E-state index contributed by atoms with van der Waals surface area (Å²) in [5.74, 6) is 0.721. The number of aromatic nitrogens is 2. The summed E-state index contributed by atoms with van der Waals surface area (Å²) in [7, 11) is 0. The van der Waals surface area contributed by atoms with Crippen molar-refractivity contribution in [2.45, 2.75) is 24.9 Å². The molecule has 0 radical (unpaired) electrons. The highest BCUT2D eigenvalue weighted by molar-refractivity contribution is 5.06. The van der Waals surface area contributed by atoms with Gasteiger partial charge in [-0.15, -0.1) is 0 Å². The molecule has 2 rings (SSSR count). The average molecular weight is 138 g/mol. The Bertz CT molecular complexity index is 214. The van der Waals surface area contributed by atoms with Gasteiger partial charge in [-0.25, -0.2) is 4.98 Å². The lowest BCUT2D eigenvalue weighted by Gasteiger charge is -2.34. The molecule has 1 aliphatic carbocycles.